The van der Waals surface area contributed by atoms with Gasteiger partial charge in [-0.25, -0.2) is 0 Å². The van der Waals surface area contributed by atoms with Crippen LogP contribution >= 0.6 is 0 Å². The average Bonchev–Trinajstić information content (AvgIpc) is 2.72. The summed E-state index contributed by atoms with van der Waals surface area (Å²) >= 11 is 0. The molecule has 0 aromatic rings. The SMILES string of the molecule is CCOC(=O)C1C2C(=O)NC(=O)C21. The summed E-state index contributed by atoms with van der Waals surface area (Å²) in [5.41, 5.74) is 0. The lowest BCUT2D eigenvalue weighted by Gasteiger charge is -2.02. The Labute approximate surface area is 74.4 Å². The number of esters is 1. The Morgan fingerprint density at radius 1 is 1.38 bits per heavy atom. The third-order valence-electron chi connectivity index (χ3n) is 2.43. The van der Waals surface area contributed by atoms with Crippen molar-refractivity contribution in [3.05, 3.63) is 0 Å². The second-order valence-electron chi connectivity index (χ2n) is 3.18. The highest BCUT2D eigenvalue weighted by Gasteiger charge is 2.68. The molecular formula is C8H9NO4. The van der Waals surface area contributed by atoms with E-state index in [2.05, 4.69) is 5.32 Å². The molecule has 2 aliphatic rings. The van der Waals surface area contributed by atoms with Crippen molar-refractivity contribution in [2.45, 2.75) is 6.92 Å². The van der Waals surface area contributed by atoms with Gasteiger partial charge in [-0.1, -0.05) is 0 Å². The van der Waals surface area contributed by atoms with Gasteiger partial charge < -0.3 is 4.74 Å². The maximum atomic E-state index is 11.2. The van der Waals surface area contributed by atoms with Gasteiger partial charge in [-0.15, -0.1) is 0 Å². The lowest BCUT2D eigenvalue weighted by atomic mass is 10.3. The highest BCUT2D eigenvalue weighted by atomic mass is 16.5. The van der Waals surface area contributed by atoms with Crippen LogP contribution in [0, 0.1) is 17.8 Å². The van der Waals surface area contributed by atoms with E-state index in [0.29, 0.717) is 0 Å². The van der Waals surface area contributed by atoms with Crippen LogP contribution in [0.3, 0.4) is 0 Å². The van der Waals surface area contributed by atoms with Crippen LogP contribution in [0.2, 0.25) is 0 Å². The first-order valence-corrected chi connectivity index (χ1v) is 4.18. The van der Waals surface area contributed by atoms with Crippen LogP contribution in [0.15, 0.2) is 0 Å². The smallest absolute Gasteiger partial charge is 0.310 e. The molecule has 1 heterocycles. The lowest BCUT2D eigenvalue weighted by Crippen LogP contribution is -2.29. The third kappa shape index (κ3) is 1.03. The van der Waals surface area contributed by atoms with Crippen molar-refractivity contribution in [2.24, 2.45) is 17.8 Å². The van der Waals surface area contributed by atoms with E-state index in [1.165, 1.54) is 0 Å². The van der Waals surface area contributed by atoms with Crippen LogP contribution in [0.4, 0.5) is 0 Å². The molecular weight excluding hydrogens is 174 g/mol. The first kappa shape index (κ1) is 8.22. The summed E-state index contributed by atoms with van der Waals surface area (Å²) in [7, 11) is 0. The van der Waals surface area contributed by atoms with E-state index in [4.69, 9.17) is 4.74 Å². The molecule has 0 aromatic carbocycles. The second kappa shape index (κ2) is 2.55. The van der Waals surface area contributed by atoms with Crippen molar-refractivity contribution in [1.82, 2.24) is 5.32 Å². The lowest BCUT2D eigenvalue weighted by molar-refractivity contribution is -0.148. The van der Waals surface area contributed by atoms with Crippen LogP contribution in [0.5, 0.6) is 0 Å². The van der Waals surface area contributed by atoms with Crippen molar-refractivity contribution in [3.63, 3.8) is 0 Å². The fourth-order valence-corrected chi connectivity index (χ4v) is 1.78. The molecule has 1 aliphatic carbocycles. The number of rotatable bonds is 2. The van der Waals surface area contributed by atoms with Crippen molar-refractivity contribution < 1.29 is 19.1 Å². The van der Waals surface area contributed by atoms with Gasteiger partial charge in [0.05, 0.1) is 24.4 Å². The van der Waals surface area contributed by atoms with Gasteiger partial charge >= 0.3 is 5.97 Å². The van der Waals surface area contributed by atoms with Crippen LogP contribution in [-0.2, 0) is 19.1 Å². The zero-order chi connectivity index (χ0) is 9.59. The van der Waals surface area contributed by atoms with E-state index in [0.717, 1.165) is 0 Å². The quantitative estimate of drug-likeness (QED) is 0.443. The van der Waals surface area contributed by atoms with Gasteiger partial charge in [0.2, 0.25) is 11.8 Å². The normalized spacial score (nSPS) is 35.3. The molecule has 2 amide bonds. The fraction of sp³-hybridized carbons (Fsp3) is 0.625. The minimum Gasteiger partial charge on any atom is -0.466 e. The molecule has 2 unspecified atom stereocenters. The zero-order valence-electron chi connectivity index (χ0n) is 7.07. The average molecular weight is 183 g/mol. The predicted octanol–water partition coefficient (Wildman–Crippen LogP) is -0.932. The van der Waals surface area contributed by atoms with Gasteiger partial charge in [-0.05, 0) is 6.92 Å². The van der Waals surface area contributed by atoms with Crippen LogP contribution < -0.4 is 5.32 Å². The first-order valence-electron chi connectivity index (χ1n) is 4.18. The molecule has 5 heteroatoms. The molecule has 70 valence electrons. The Balaban J connectivity index is 2.04. The number of fused-ring (bicyclic) bond motifs is 1. The minimum atomic E-state index is -0.513. The van der Waals surface area contributed by atoms with Gasteiger partial charge in [0.25, 0.3) is 0 Å². The molecule has 0 bridgehead atoms. The van der Waals surface area contributed by atoms with Gasteiger partial charge in [0.1, 0.15) is 0 Å². The number of ether oxygens (including phenoxy) is 1. The van der Waals surface area contributed by atoms with E-state index < -0.39 is 23.7 Å². The van der Waals surface area contributed by atoms with Gasteiger partial charge in [0, 0.05) is 0 Å². The number of hydrogen-bond acceptors (Lipinski definition) is 4. The van der Waals surface area contributed by atoms with Crippen LogP contribution in [0.1, 0.15) is 6.92 Å². The second-order valence-corrected chi connectivity index (χ2v) is 3.18. The summed E-state index contributed by atoms with van der Waals surface area (Å²) in [5, 5.41) is 2.16. The highest BCUT2D eigenvalue weighted by molar-refractivity contribution is 6.13. The number of nitrogens with one attached hydrogen (secondary N) is 1. The predicted molar refractivity (Wildman–Crippen MR) is 40.3 cm³/mol. The summed E-state index contributed by atoms with van der Waals surface area (Å²) < 4.78 is 4.73. The molecule has 13 heavy (non-hydrogen) atoms. The Bertz CT molecular complexity index is 279. The topological polar surface area (TPSA) is 72.5 Å². The molecule has 0 spiro atoms. The van der Waals surface area contributed by atoms with Gasteiger partial charge in [-0.3, -0.25) is 19.7 Å². The van der Waals surface area contributed by atoms with Crippen molar-refractivity contribution in [1.29, 1.82) is 0 Å². The molecule has 2 fully saturated rings. The molecule has 1 saturated heterocycles. The maximum absolute atomic E-state index is 11.2. The number of amides is 2. The highest BCUT2D eigenvalue weighted by Crippen LogP contribution is 2.50. The van der Waals surface area contributed by atoms with Crippen molar-refractivity contribution in [2.75, 3.05) is 6.61 Å². The van der Waals surface area contributed by atoms with Gasteiger partial charge in [0.15, 0.2) is 0 Å². The van der Waals surface area contributed by atoms with E-state index in [9.17, 15) is 14.4 Å². The standard InChI is InChI=1S/C8H9NO4/c1-2-13-8(12)5-3-4(5)7(11)9-6(3)10/h3-5H,2H2,1H3,(H,9,10,11). The summed E-state index contributed by atoms with van der Waals surface area (Å²) in [6, 6.07) is 0. The fourth-order valence-electron chi connectivity index (χ4n) is 1.78. The summed E-state index contributed by atoms with van der Waals surface area (Å²) in [6.45, 7) is 1.97. The third-order valence-corrected chi connectivity index (χ3v) is 2.43. The summed E-state index contributed by atoms with van der Waals surface area (Å²) in [4.78, 5) is 33.2. The van der Waals surface area contributed by atoms with E-state index in [1.54, 1.807) is 6.92 Å². The number of carbonyl (C=O) groups excluding carboxylic acids is 3. The van der Waals surface area contributed by atoms with Crippen molar-refractivity contribution in [3.8, 4) is 0 Å². The van der Waals surface area contributed by atoms with Crippen LogP contribution in [0.25, 0.3) is 0 Å². The Hall–Kier alpha value is -1.39. The Morgan fingerprint density at radius 3 is 2.38 bits per heavy atom. The zero-order valence-corrected chi connectivity index (χ0v) is 7.07. The molecule has 0 aromatic heterocycles. The molecule has 1 N–H and O–H groups in total. The number of carbonyl (C=O) groups is 3. The molecule has 1 saturated carbocycles. The summed E-state index contributed by atoms with van der Waals surface area (Å²) in [6.07, 6.45) is 0. The number of imide groups is 1. The molecule has 2 atom stereocenters. The Morgan fingerprint density at radius 2 is 1.92 bits per heavy atom. The minimum absolute atomic E-state index is 0.282. The number of piperidine rings is 1. The molecule has 5 nitrogen and oxygen atoms in total. The monoisotopic (exact) mass is 183 g/mol. The maximum Gasteiger partial charge on any atom is 0.310 e. The largest absolute Gasteiger partial charge is 0.466 e. The number of hydrogen-bond donors (Lipinski definition) is 1. The van der Waals surface area contributed by atoms with Crippen LogP contribution in [-0.4, -0.2) is 24.4 Å². The summed E-state index contributed by atoms with van der Waals surface area (Å²) in [5.74, 6) is -2.53. The Kier molecular flexibility index (Phi) is 1.61. The first-order chi connectivity index (χ1) is 6.16. The van der Waals surface area contributed by atoms with E-state index in [-0.39, 0.29) is 18.4 Å². The van der Waals surface area contributed by atoms with E-state index >= 15 is 0 Å². The van der Waals surface area contributed by atoms with Gasteiger partial charge in [-0.2, -0.15) is 0 Å². The molecule has 1 aliphatic heterocycles. The van der Waals surface area contributed by atoms with Crippen molar-refractivity contribution >= 4 is 17.8 Å². The van der Waals surface area contributed by atoms with E-state index in [1.807, 2.05) is 0 Å². The molecule has 2 rings (SSSR count). The molecule has 0 radical (unpaired) electrons.